The van der Waals surface area contributed by atoms with Crippen molar-refractivity contribution in [2.24, 2.45) is 0 Å². The number of nitrogens with one attached hydrogen (secondary N) is 1. The van der Waals surface area contributed by atoms with Gasteiger partial charge in [0.15, 0.2) is 0 Å². The van der Waals surface area contributed by atoms with Crippen LogP contribution in [0.15, 0.2) is 23.1 Å². The van der Waals surface area contributed by atoms with E-state index in [1.54, 1.807) is 6.20 Å². The predicted octanol–water partition coefficient (Wildman–Crippen LogP) is 1.82. The molecule has 0 aliphatic heterocycles. The van der Waals surface area contributed by atoms with E-state index in [2.05, 4.69) is 36.3 Å². The van der Waals surface area contributed by atoms with Gasteiger partial charge in [0, 0.05) is 39.5 Å². The monoisotopic (exact) mass is 326 g/mol. The normalized spacial score (nSPS) is 10.4. The number of rotatable bonds is 5. The summed E-state index contributed by atoms with van der Waals surface area (Å²) >= 11 is 3.13. The van der Waals surface area contributed by atoms with Gasteiger partial charge in [0.2, 0.25) is 0 Å². The maximum atomic E-state index is 10.6. The van der Waals surface area contributed by atoms with Crippen LogP contribution in [0.5, 0.6) is 0 Å². The molecule has 0 bridgehead atoms. The summed E-state index contributed by atoms with van der Waals surface area (Å²) in [6.45, 7) is 3.11. The van der Waals surface area contributed by atoms with E-state index in [4.69, 9.17) is 0 Å². The summed E-state index contributed by atoms with van der Waals surface area (Å²) in [4.78, 5) is 17.8. The summed E-state index contributed by atoms with van der Waals surface area (Å²) in [6.07, 6.45) is 1.67. The summed E-state index contributed by atoms with van der Waals surface area (Å²) in [5.74, 6) is -0.435. The van der Waals surface area contributed by atoms with E-state index in [9.17, 15) is 10.1 Å². The van der Waals surface area contributed by atoms with E-state index >= 15 is 0 Å². The molecule has 8 nitrogen and oxygen atoms in total. The molecule has 0 fully saturated rings. The number of nitro groups is 1. The van der Waals surface area contributed by atoms with Gasteiger partial charge in [0.25, 0.3) is 4.73 Å². The molecule has 9 heteroatoms. The zero-order valence-electron chi connectivity index (χ0n) is 10.1. The van der Waals surface area contributed by atoms with Crippen LogP contribution >= 0.6 is 15.9 Å². The highest BCUT2D eigenvalue weighted by Crippen LogP contribution is 2.15. The zero-order chi connectivity index (χ0) is 13.8. The Bertz CT molecular complexity index is 599. The number of hydrogen-bond acceptors (Lipinski definition) is 6. The molecule has 0 unspecified atom stereocenters. The molecule has 0 spiro atoms. The smallest absolute Gasteiger partial charge is 0.390 e. The molecule has 19 heavy (non-hydrogen) atoms. The Morgan fingerprint density at radius 1 is 1.58 bits per heavy atom. The van der Waals surface area contributed by atoms with Crippen LogP contribution in [-0.2, 0) is 6.54 Å². The Morgan fingerprint density at radius 2 is 2.37 bits per heavy atom. The molecule has 2 aromatic rings. The third-order valence-corrected chi connectivity index (χ3v) is 2.87. The van der Waals surface area contributed by atoms with Crippen LogP contribution < -0.4 is 5.32 Å². The summed E-state index contributed by atoms with van der Waals surface area (Å²) < 4.78 is 1.69. The van der Waals surface area contributed by atoms with E-state index in [1.807, 2.05) is 19.1 Å². The number of nitrogens with zero attached hydrogens (tertiary/aromatic N) is 5. The van der Waals surface area contributed by atoms with E-state index in [-0.39, 0.29) is 0 Å². The molecule has 2 rings (SSSR count). The fraction of sp³-hybridized carbons (Fsp3) is 0.300. The van der Waals surface area contributed by atoms with Gasteiger partial charge in [-0.15, -0.1) is 0 Å². The molecule has 0 atom stereocenters. The second-order valence-electron chi connectivity index (χ2n) is 3.66. The second kappa shape index (κ2) is 5.74. The Kier molecular flexibility index (Phi) is 4.05. The van der Waals surface area contributed by atoms with Crippen molar-refractivity contribution in [3.8, 4) is 0 Å². The molecule has 0 aliphatic carbocycles. The minimum atomic E-state index is -0.635. The van der Waals surface area contributed by atoms with Crippen LogP contribution in [-0.4, -0.2) is 31.2 Å². The van der Waals surface area contributed by atoms with Crippen molar-refractivity contribution in [1.82, 2.24) is 19.7 Å². The van der Waals surface area contributed by atoms with Crippen LogP contribution in [0.3, 0.4) is 0 Å². The molecule has 2 heterocycles. The van der Waals surface area contributed by atoms with Gasteiger partial charge in [0.05, 0.1) is 5.69 Å². The van der Waals surface area contributed by atoms with Crippen molar-refractivity contribution in [2.45, 2.75) is 13.5 Å². The Hall–Kier alpha value is -2.03. The topological polar surface area (TPSA) is 98.8 Å². The van der Waals surface area contributed by atoms with Gasteiger partial charge in [-0.2, -0.15) is 4.68 Å². The summed E-state index contributed by atoms with van der Waals surface area (Å²) in [5, 5.41) is 17.5. The highest BCUT2D eigenvalue weighted by molar-refractivity contribution is 9.10. The zero-order valence-corrected chi connectivity index (χ0v) is 11.7. The number of hydrogen-bond donors (Lipinski definition) is 1. The SMILES string of the molecule is CCNc1ccnc(Cn2nc([N+](=O)[O-])nc2Br)c1. The Balaban J connectivity index is 2.21. The molecule has 2 aromatic heterocycles. The lowest BCUT2D eigenvalue weighted by molar-refractivity contribution is -0.394. The minimum Gasteiger partial charge on any atom is -0.390 e. The highest BCUT2D eigenvalue weighted by atomic mass is 79.9. The third-order valence-electron chi connectivity index (χ3n) is 2.29. The maximum Gasteiger partial charge on any atom is 0.492 e. The molecule has 0 amide bonds. The number of anilines is 1. The minimum absolute atomic E-state index is 0.301. The van der Waals surface area contributed by atoms with Crippen LogP contribution in [0.25, 0.3) is 0 Å². The molecule has 0 aromatic carbocycles. The average molecular weight is 327 g/mol. The molecule has 0 aliphatic rings. The van der Waals surface area contributed by atoms with Crippen molar-refractivity contribution < 1.29 is 4.92 Å². The summed E-state index contributed by atoms with van der Waals surface area (Å²) in [5.41, 5.74) is 1.68. The predicted molar refractivity (Wildman–Crippen MR) is 71.9 cm³/mol. The van der Waals surface area contributed by atoms with Crippen molar-refractivity contribution in [1.29, 1.82) is 0 Å². The van der Waals surface area contributed by atoms with Gasteiger partial charge in [-0.3, -0.25) is 4.98 Å². The van der Waals surface area contributed by atoms with Gasteiger partial charge >= 0.3 is 5.95 Å². The van der Waals surface area contributed by atoms with Crippen molar-refractivity contribution in [3.05, 3.63) is 38.9 Å². The number of aromatic nitrogens is 4. The van der Waals surface area contributed by atoms with Crippen molar-refractivity contribution in [3.63, 3.8) is 0 Å². The fourth-order valence-corrected chi connectivity index (χ4v) is 1.89. The molecular weight excluding hydrogens is 316 g/mol. The first-order valence-electron chi connectivity index (χ1n) is 5.53. The van der Waals surface area contributed by atoms with Crippen LogP contribution in [0.1, 0.15) is 12.6 Å². The molecule has 0 saturated carbocycles. The third kappa shape index (κ3) is 3.25. The van der Waals surface area contributed by atoms with Gasteiger partial charge in [0.1, 0.15) is 6.54 Å². The molecule has 100 valence electrons. The van der Waals surface area contributed by atoms with Gasteiger partial charge in [-0.1, -0.05) is 0 Å². The van der Waals surface area contributed by atoms with Crippen molar-refractivity contribution >= 4 is 27.6 Å². The quantitative estimate of drug-likeness (QED) is 0.664. The molecule has 0 saturated heterocycles. The van der Waals surface area contributed by atoms with E-state index < -0.39 is 10.9 Å². The first kappa shape index (κ1) is 13.4. The van der Waals surface area contributed by atoms with Gasteiger partial charge < -0.3 is 15.4 Å². The van der Waals surface area contributed by atoms with E-state index in [1.165, 1.54) is 4.68 Å². The number of halogens is 1. The summed E-state index contributed by atoms with van der Waals surface area (Å²) in [7, 11) is 0. The standard InChI is InChI=1S/C10H11BrN6O2/c1-2-12-7-3-4-13-8(5-7)6-16-9(11)14-10(15-16)17(18)19/h3-5H,2,6H2,1H3,(H,12,13). The lowest BCUT2D eigenvalue weighted by atomic mass is 10.3. The molecular formula is C10H11BrN6O2. The van der Waals surface area contributed by atoms with E-state index in [0.29, 0.717) is 11.3 Å². The summed E-state index contributed by atoms with van der Waals surface area (Å²) in [6, 6.07) is 3.72. The van der Waals surface area contributed by atoms with Gasteiger partial charge in [-0.25, -0.2) is 0 Å². The van der Waals surface area contributed by atoms with Gasteiger partial charge in [-0.05, 0) is 29.0 Å². The fourth-order valence-electron chi connectivity index (χ4n) is 1.52. The van der Waals surface area contributed by atoms with Crippen LogP contribution in [0.2, 0.25) is 0 Å². The Labute approximate surface area is 117 Å². The van der Waals surface area contributed by atoms with E-state index in [0.717, 1.165) is 17.9 Å². The highest BCUT2D eigenvalue weighted by Gasteiger charge is 2.19. The van der Waals surface area contributed by atoms with Crippen LogP contribution in [0.4, 0.5) is 11.6 Å². The lowest BCUT2D eigenvalue weighted by Crippen LogP contribution is -2.05. The van der Waals surface area contributed by atoms with Crippen LogP contribution in [0, 0.1) is 10.1 Å². The lowest BCUT2D eigenvalue weighted by Gasteiger charge is -2.04. The number of pyridine rings is 1. The first-order chi connectivity index (χ1) is 9.10. The molecule has 1 N–H and O–H groups in total. The average Bonchev–Trinajstić information content (AvgIpc) is 2.72. The first-order valence-corrected chi connectivity index (χ1v) is 6.33. The maximum absolute atomic E-state index is 10.6. The van der Waals surface area contributed by atoms with Crippen molar-refractivity contribution in [2.75, 3.05) is 11.9 Å². The largest absolute Gasteiger partial charge is 0.492 e. The molecule has 0 radical (unpaired) electrons. The second-order valence-corrected chi connectivity index (χ2v) is 4.37. The Morgan fingerprint density at radius 3 is 3.00 bits per heavy atom.